The third-order valence-corrected chi connectivity index (χ3v) is 4.06. The molecule has 0 radical (unpaired) electrons. The van der Waals surface area contributed by atoms with Crippen LogP contribution in [0.15, 0.2) is 0 Å². The van der Waals surface area contributed by atoms with Gasteiger partial charge in [-0.15, -0.1) is 0 Å². The summed E-state index contributed by atoms with van der Waals surface area (Å²) < 4.78 is 5.44. The van der Waals surface area contributed by atoms with Gasteiger partial charge in [0.05, 0.1) is 6.10 Å². The van der Waals surface area contributed by atoms with Gasteiger partial charge in [0.15, 0.2) is 0 Å². The smallest absolute Gasteiger partial charge is 0.410 e. The minimum atomic E-state index is -0.448. The summed E-state index contributed by atoms with van der Waals surface area (Å²) >= 11 is 0. The van der Waals surface area contributed by atoms with Crippen molar-refractivity contribution in [1.29, 1.82) is 0 Å². The maximum absolute atomic E-state index is 12.1. The van der Waals surface area contributed by atoms with Crippen LogP contribution in [-0.2, 0) is 4.74 Å². The molecule has 1 amide bonds. The number of hydrogen-bond acceptors (Lipinski definition) is 4. The number of amides is 1. The summed E-state index contributed by atoms with van der Waals surface area (Å²) in [5, 5.41) is 13.1. The van der Waals surface area contributed by atoms with Crippen molar-refractivity contribution < 1.29 is 14.6 Å². The first-order valence-corrected chi connectivity index (χ1v) is 7.92. The molecule has 2 unspecified atom stereocenters. The number of piperidine rings is 1. The second-order valence-corrected chi connectivity index (χ2v) is 7.71. The van der Waals surface area contributed by atoms with Crippen LogP contribution in [0.3, 0.4) is 0 Å². The molecular weight excluding hydrogens is 268 g/mol. The lowest BCUT2D eigenvalue weighted by Gasteiger charge is -2.37. The molecule has 1 heterocycles. The summed E-state index contributed by atoms with van der Waals surface area (Å²) in [6, 6.07) is 0. The van der Waals surface area contributed by atoms with Crippen LogP contribution in [0.25, 0.3) is 0 Å². The number of ether oxygens (including phenoxy) is 1. The lowest BCUT2D eigenvalue weighted by molar-refractivity contribution is 0.0155. The van der Waals surface area contributed by atoms with Gasteiger partial charge < -0.3 is 20.1 Å². The minimum absolute atomic E-state index is 0.220. The van der Waals surface area contributed by atoms with Crippen LogP contribution in [0.1, 0.15) is 54.4 Å². The maximum Gasteiger partial charge on any atom is 0.410 e. The van der Waals surface area contributed by atoms with Crippen molar-refractivity contribution in [2.45, 2.75) is 71.6 Å². The largest absolute Gasteiger partial charge is 0.444 e. The molecule has 0 aliphatic carbocycles. The minimum Gasteiger partial charge on any atom is -0.444 e. The summed E-state index contributed by atoms with van der Waals surface area (Å²) in [6.45, 7) is 13.7. The highest BCUT2D eigenvalue weighted by Gasteiger charge is 2.29. The van der Waals surface area contributed by atoms with Crippen LogP contribution in [0.5, 0.6) is 0 Å². The molecule has 1 rings (SSSR count). The first kappa shape index (κ1) is 18.2. The van der Waals surface area contributed by atoms with E-state index in [1.165, 1.54) is 0 Å². The van der Waals surface area contributed by atoms with Crippen molar-refractivity contribution in [2.24, 2.45) is 5.92 Å². The van der Waals surface area contributed by atoms with Crippen LogP contribution in [0.2, 0.25) is 0 Å². The monoisotopic (exact) mass is 300 g/mol. The Morgan fingerprint density at radius 1 is 1.38 bits per heavy atom. The Balaban J connectivity index is 2.47. The van der Waals surface area contributed by atoms with Gasteiger partial charge in [-0.2, -0.15) is 0 Å². The Kier molecular flexibility index (Phi) is 6.05. The fraction of sp³-hybridized carbons (Fsp3) is 0.938. The average Bonchev–Trinajstić information content (AvgIpc) is 2.34. The number of aliphatic hydroxyl groups is 1. The Bertz CT molecular complexity index is 348. The van der Waals surface area contributed by atoms with Gasteiger partial charge in [0.1, 0.15) is 5.60 Å². The van der Waals surface area contributed by atoms with Crippen LogP contribution < -0.4 is 5.32 Å². The second kappa shape index (κ2) is 6.97. The summed E-state index contributed by atoms with van der Waals surface area (Å²) in [5.74, 6) is 0.407. The van der Waals surface area contributed by atoms with Gasteiger partial charge in [-0.1, -0.05) is 0 Å². The van der Waals surface area contributed by atoms with E-state index in [4.69, 9.17) is 4.74 Å². The van der Waals surface area contributed by atoms with E-state index in [1.807, 2.05) is 34.6 Å². The number of aliphatic hydroxyl groups excluding tert-OH is 1. The average molecular weight is 300 g/mol. The highest BCUT2D eigenvalue weighted by molar-refractivity contribution is 5.68. The number of likely N-dealkylation sites (tertiary alicyclic amines) is 1. The number of hydrogen-bond donors (Lipinski definition) is 2. The number of nitrogens with one attached hydrogen (secondary N) is 1. The molecule has 1 saturated heterocycles. The zero-order valence-electron chi connectivity index (χ0n) is 14.4. The lowest BCUT2D eigenvalue weighted by Crippen LogP contribution is -2.52. The molecule has 0 aromatic carbocycles. The topological polar surface area (TPSA) is 61.8 Å². The van der Waals surface area contributed by atoms with Crippen LogP contribution in [0, 0.1) is 5.92 Å². The van der Waals surface area contributed by atoms with E-state index >= 15 is 0 Å². The van der Waals surface area contributed by atoms with Gasteiger partial charge in [-0.3, -0.25) is 0 Å². The van der Waals surface area contributed by atoms with Crippen LogP contribution in [-0.4, -0.2) is 53.0 Å². The van der Waals surface area contributed by atoms with Gasteiger partial charge in [-0.05, 0) is 60.3 Å². The molecule has 0 spiro atoms. The highest BCUT2D eigenvalue weighted by atomic mass is 16.6. The number of carbonyl (C=O) groups is 1. The van der Waals surface area contributed by atoms with Crippen LogP contribution in [0.4, 0.5) is 4.79 Å². The van der Waals surface area contributed by atoms with Gasteiger partial charge in [0.25, 0.3) is 0 Å². The predicted octanol–water partition coefficient (Wildman–Crippen LogP) is 2.38. The quantitative estimate of drug-likeness (QED) is 0.837. The van der Waals surface area contributed by atoms with Crippen molar-refractivity contribution >= 4 is 6.09 Å². The van der Waals surface area contributed by atoms with Gasteiger partial charge in [0.2, 0.25) is 0 Å². The van der Waals surface area contributed by atoms with E-state index in [-0.39, 0.29) is 11.6 Å². The molecule has 0 aromatic heterocycles. The predicted molar refractivity (Wildman–Crippen MR) is 84.3 cm³/mol. The molecular formula is C16H32N2O3. The van der Waals surface area contributed by atoms with E-state index in [0.29, 0.717) is 5.92 Å². The van der Waals surface area contributed by atoms with E-state index in [9.17, 15) is 9.90 Å². The van der Waals surface area contributed by atoms with Gasteiger partial charge in [0, 0.05) is 25.2 Å². The fourth-order valence-electron chi connectivity index (χ4n) is 2.28. The zero-order chi connectivity index (χ0) is 16.3. The summed E-state index contributed by atoms with van der Waals surface area (Å²) in [6.07, 6.45) is 1.47. The first-order chi connectivity index (χ1) is 9.51. The molecule has 0 saturated carbocycles. The molecule has 5 heteroatoms. The molecule has 21 heavy (non-hydrogen) atoms. The van der Waals surface area contributed by atoms with E-state index in [1.54, 1.807) is 11.8 Å². The van der Waals surface area contributed by atoms with Crippen molar-refractivity contribution in [3.8, 4) is 0 Å². The number of nitrogens with zero attached hydrogens (tertiary/aromatic N) is 1. The third kappa shape index (κ3) is 6.22. The Hall–Kier alpha value is -0.810. The molecule has 0 bridgehead atoms. The molecule has 0 aromatic rings. The van der Waals surface area contributed by atoms with E-state index < -0.39 is 11.7 Å². The fourth-order valence-corrected chi connectivity index (χ4v) is 2.28. The lowest BCUT2D eigenvalue weighted by atomic mass is 9.94. The molecule has 1 fully saturated rings. The Morgan fingerprint density at radius 3 is 2.52 bits per heavy atom. The van der Waals surface area contributed by atoms with Crippen molar-refractivity contribution in [3.05, 3.63) is 0 Å². The molecule has 2 N–H and O–H groups in total. The van der Waals surface area contributed by atoms with Crippen molar-refractivity contribution in [1.82, 2.24) is 10.2 Å². The summed E-state index contributed by atoms with van der Waals surface area (Å²) in [5.41, 5.74) is -0.759. The number of rotatable bonds is 4. The van der Waals surface area contributed by atoms with Gasteiger partial charge in [-0.25, -0.2) is 4.79 Å². The maximum atomic E-state index is 12.1. The second-order valence-electron chi connectivity index (χ2n) is 7.71. The van der Waals surface area contributed by atoms with Gasteiger partial charge >= 0.3 is 6.09 Å². The highest BCUT2D eigenvalue weighted by Crippen LogP contribution is 2.20. The zero-order valence-corrected chi connectivity index (χ0v) is 14.4. The van der Waals surface area contributed by atoms with E-state index in [0.717, 1.165) is 32.5 Å². The molecule has 2 atom stereocenters. The Morgan fingerprint density at radius 2 is 2.00 bits per heavy atom. The van der Waals surface area contributed by atoms with Crippen molar-refractivity contribution in [2.75, 3.05) is 19.6 Å². The van der Waals surface area contributed by atoms with Crippen LogP contribution >= 0.6 is 0 Å². The molecule has 1 aliphatic heterocycles. The first-order valence-electron chi connectivity index (χ1n) is 7.92. The van der Waals surface area contributed by atoms with Crippen molar-refractivity contribution in [3.63, 3.8) is 0 Å². The number of carbonyl (C=O) groups excluding carboxylic acids is 1. The Labute approximate surface area is 129 Å². The SMILES string of the molecule is CC(O)C(C)(C)NCC1CCCN(C(=O)OC(C)(C)C)C1. The molecule has 5 nitrogen and oxygen atoms in total. The standard InChI is InChI=1S/C16H32N2O3/c1-12(19)16(5,6)17-10-13-8-7-9-18(11-13)14(20)21-15(2,3)4/h12-13,17,19H,7-11H2,1-6H3. The van der Waals surface area contributed by atoms with E-state index in [2.05, 4.69) is 5.32 Å². The summed E-state index contributed by atoms with van der Waals surface area (Å²) in [7, 11) is 0. The molecule has 124 valence electrons. The molecule has 1 aliphatic rings. The normalized spacial score (nSPS) is 22.0. The third-order valence-electron chi connectivity index (χ3n) is 4.06. The summed E-state index contributed by atoms with van der Waals surface area (Å²) in [4.78, 5) is 13.9.